The molecule has 0 atom stereocenters. The number of aryl methyl sites for hydroxylation is 2. The van der Waals surface area contributed by atoms with Crippen molar-refractivity contribution in [2.45, 2.75) is 47.0 Å². The van der Waals surface area contributed by atoms with Gasteiger partial charge in [-0.15, -0.1) is 0 Å². The predicted octanol–water partition coefficient (Wildman–Crippen LogP) is 3.76. The fourth-order valence-corrected chi connectivity index (χ4v) is 2.52. The van der Waals surface area contributed by atoms with Crippen LogP contribution in [0.25, 0.3) is 0 Å². The lowest BCUT2D eigenvalue weighted by molar-refractivity contribution is 0.556. The quantitative estimate of drug-likeness (QED) is 0.585. The topological polar surface area (TPSA) is 29.9 Å². The van der Waals surface area contributed by atoms with Gasteiger partial charge in [0.25, 0.3) is 0 Å². The predicted molar refractivity (Wildman–Crippen MR) is 87.4 cm³/mol. The van der Waals surface area contributed by atoms with Crippen molar-refractivity contribution >= 4 is 11.6 Å². The first kappa shape index (κ1) is 17.3. The summed E-state index contributed by atoms with van der Waals surface area (Å²) in [5.74, 6) is 0.709. The third-order valence-electron chi connectivity index (χ3n) is 3.32. The van der Waals surface area contributed by atoms with Crippen LogP contribution in [-0.2, 0) is 19.9 Å². The highest BCUT2D eigenvalue weighted by Crippen LogP contribution is 2.23. The van der Waals surface area contributed by atoms with Gasteiger partial charge in [-0.25, -0.2) is 0 Å². The fourth-order valence-electron chi connectivity index (χ4n) is 2.16. The highest BCUT2D eigenvalue weighted by atomic mass is 35.5. The van der Waals surface area contributed by atoms with Crippen LogP contribution in [-0.4, -0.2) is 22.9 Å². The Hall–Kier alpha value is -0.800. The summed E-state index contributed by atoms with van der Waals surface area (Å²) in [6.07, 6.45) is 5.12. The van der Waals surface area contributed by atoms with Crippen LogP contribution in [0.4, 0.5) is 0 Å². The average molecular weight is 298 g/mol. The third-order valence-corrected chi connectivity index (χ3v) is 3.75. The number of nitrogens with zero attached hydrogens (tertiary/aromatic N) is 2. The molecule has 1 aromatic rings. The first-order valence-corrected chi connectivity index (χ1v) is 7.90. The highest BCUT2D eigenvalue weighted by molar-refractivity contribution is 6.31. The van der Waals surface area contributed by atoms with E-state index in [0.29, 0.717) is 5.92 Å². The molecule has 0 saturated heterocycles. The van der Waals surface area contributed by atoms with E-state index >= 15 is 0 Å². The van der Waals surface area contributed by atoms with Crippen molar-refractivity contribution in [3.05, 3.63) is 28.1 Å². The maximum Gasteiger partial charge on any atom is 0.0853 e. The Morgan fingerprint density at radius 1 is 1.45 bits per heavy atom. The summed E-state index contributed by atoms with van der Waals surface area (Å²) in [5, 5.41) is 8.74. The molecule has 3 nitrogen and oxygen atoms in total. The van der Waals surface area contributed by atoms with Crippen molar-refractivity contribution in [1.82, 2.24) is 15.1 Å². The molecule has 1 heterocycles. The van der Waals surface area contributed by atoms with Gasteiger partial charge in [-0.3, -0.25) is 4.68 Å². The first-order valence-electron chi connectivity index (χ1n) is 7.52. The van der Waals surface area contributed by atoms with Crippen LogP contribution in [0.15, 0.2) is 11.6 Å². The molecule has 0 bridgehead atoms. The molecular formula is C16H28ClN3. The Bertz CT molecular complexity index is 447. The van der Waals surface area contributed by atoms with E-state index in [0.717, 1.165) is 48.8 Å². The molecule has 0 aliphatic rings. The van der Waals surface area contributed by atoms with Crippen LogP contribution in [0, 0.1) is 5.92 Å². The van der Waals surface area contributed by atoms with E-state index in [-0.39, 0.29) is 0 Å². The zero-order valence-electron chi connectivity index (χ0n) is 13.5. The van der Waals surface area contributed by atoms with Crippen LogP contribution in [0.2, 0.25) is 5.02 Å². The molecule has 0 aliphatic heterocycles. The second-order valence-electron chi connectivity index (χ2n) is 5.80. The maximum absolute atomic E-state index is 6.37. The number of allylic oxidation sites excluding steroid dienone is 1. The number of aromatic nitrogens is 2. The van der Waals surface area contributed by atoms with Gasteiger partial charge in [0.1, 0.15) is 0 Å². The van der Waals surface area contributed by atoms with Gasteiger partial charge < -0.3 is 5.32 Å². The summed E-state index contributed by atoms with van der Waals surface area (Å²) >= 11 is 6.37. The minimum Gasteiger partial charge on any atom is -0.316 e. The van der Waals surface area contributed by atoms with Crippen molar-refractivity contribution in [2.75, 3.05) is 13.1 Å². The molecule has 0 aliphatic carbocycles. The highest BCUT2D eigenvalue weighted by Gasteiger charge is 2.12. The van der Waals surface area contributed by atoms with Crippen molar-refractivity contribution in [1.29, 1.82) is 0 Å². The molecule has 4 heteroatoms. The number of rotatable bonds is 8. The van der Waals surface area contributed by atoms with Gasteiger partial charge >= 0.3 is 0 Å². The van der Waals surface area contributed by atoms with Gasteiger partial charge in [-0.2, -0.15) is 5.10 Å². The Kier molecular flexibility index (Phi) is 7.31. The molecule has 1 aromatic heterocycles. The largest absolute Gasteiger partial charge is 0.316 e. The standard InChI is InChI=1S/C16H28ClN3/c1-6-14-16(17)15(20(5)19-14)10-13(4)8-7-9-18-11-12(2)3/h8,12,18H,6-7,9-11H2,1-5H3. The zero-order chi connectivity index (χ0) is 15.1. The molecule has 114 valence electrons. The normalized spacial score (nSPS) is 12.4. The van der Waals surface area contributed by atoms with Crippen LogP contribution in [0.5, 0.6) is 0 Å². The summed E-state index contributed by atoms with van der Waals surface area (Å²) < 4.78 is 1.91. The number of hydrogen-bond acceptors (Lipinski definition) is 2. The average Bonchev–Trinajstić information content (AvgIpc) is 2.65. The second kappa shape index (κ2) is 8.48. The van der Waals surface area contributed by atoms with Crippen LogP contribution >= 0.6 is 11.6 Å². The Morgan fingerprint density at radius 3 is 2.70 bits per heavy atom. The fraction of sp³-hybridized carbons (Fsp3) is 0.688. The number of nitrogens with one attached hydrogen (secondary N) is 1. The van der Waals surface area contributed by atoms with Crippen molar-refractivity contribution < 1.29 is 0 Å². The molecule has 0 saturated carbocycles. The van der Waals surface area contributed by atoms with E-state index < -0.39 is 0 Å². The SMILES string of the molecule is CCc1nn(C)c(CC(C)=CCCNCC(C)C)c1Cl. The lowest BCUT2D eigenvalue weighted by atomic mass is 10.1. The van der Waals surface area contributed by atoms with E-state index in [1.807, 2.05) is 11.7 Å². The van der Waals surface area contributed by atoms with E-state index in [1.165, 1.54) is 5.57 Å². The van der Waals surface area contributed by atoms with Crippen LogP contribution in [0.3, 0.4) is 0 Å². The minimum absolute atomic E-state index is 0.709. The van der Waals surface area contributed by atoms with Crippen molar-refractivity contribution in [3.8, 4) is 0 Å². The molecule has 20 heavy (non-hydrogen) atoms. The number of halogens is 1. The second-order valence-corrected chi connectivity index (χ2v) is 6.18. The molecule has 1 rings (SSSR count). The van der Waals surface area contributed by atoms with E-state index in [4.69, 9.17) is 11.6 Å². The third kappa shape index (κ3) is 5.29. The summed E-state index contributed by atoms with van der Waals surface area (Å²) in [6, 6.07) is 0. The summed E-state index contributed by atoms with van der Waals surface area (Å²) in [5.41, 5.74) is 3.46. The zero-order valence-corrected chi connectivity index (χ0v) is 14.2. The van der Waals surface area contributed by atoms with Gasteiger partial charge in [-0.1, -0.05) is 44.0 Å². The van der Waals surface area contributed by atoms with Gasteiger partial charge in [-0.05, 0) is 38.8 Å². The summed E-state index contributed by atoms with van der Waals surface area (Å²) in [7, 11) is 1.97. The molecule has 1 N–H and O–H groups in total. The Balaban J connectivity index is 2.49. The van der Waals surface area contributed by atoms with E-state index in [1.54, 1.807) is 0 Å². The van der Waals surface area contributed by atoms with Gasteiger partial charge in [0.2, 0.25) is 0 Å². The van der Waals surface area contributed by atoms with Gasteiger partial charge in [0, 0.05) is 13.5 Å². The Morgan fingerprint density at radius 2 is 2.15 bits per heavy atom. The number of hydrogen-bond donors (Lipinski definition) is 1. The molecule has 0 unspecified atom stereocenters. The monoisotopic (exact) mass is 297 g/mol. The molecule has 0 spiro atoms. The summed E-state index contributed by atoms with van der Waals surface area (Å²) in [6.45, 7) is 10.8. The maximum atomic E-state index is 6.37. The van der Waals surface area contributed by atoms with Gasteiger partial charge in [0.15, 0.2) is 0 Å². The van der Waals surface area contributed by atoms with Gasteiger partial charge in [0.05, 0.1) is 16.4 Å². The lowest BCUT2D eigenvalue weighted by Gasteiger charge is -2.06. The lowest BCUT2D eigenvalue weighted by Crippen LogP contribution is -2.20. The first-order chi connectivity index (χ1) is 9.45. The molecule has 0 radical (unpaired) electrons. The molecule has 0 fully saturated rings. The van der Waals surface area contributed by atoms with Crippen molar-refractivity contribution in [3.63, 3.8) is 0 Å². The minimum atomic E-state index is 0.709. The smallest absolute Gasteiger partial charge is 0.0853 e. The molecular weight excluding hydrogens is 270 g/mol. The van der Waals surface area contributed by atoms with Crippen LogP contribution in [0.1, 0.15) is 45.5 Å². The van der Waals surface area contributed by atoms with E-state index in [9.17, 15) is 0 Å². The van der Waals surface area contributed by atoms with E-state index in [2.05, 4.69) is 44.2 Å². The summed E-state index contributed by atoms with van der Waals surface area (Å²) in [4.78, 5) is 0. The molecule has 0 aromatic carbocycles. The molecule has 0 amide bonds. The van der Waals surface area contributed by atoms with Crippen LogP contribution < -0.4 is 5.32 Å². The Labute approximate surface area is 128 Å². The van der Waals surface area contributed by atoms with Crippen molar-refractivity contribution in [2.24, 2.45) is 13.0 Å².